The van der Waals surface area contributed by atoms with Crippen LogP contribution in [0, 0.1) is 5.82 Å². The first-order valence-corrected chi connectivity index (χ1v) is 6.19. The van der Waals surface area contributed by atoms with Gasteiger partial charge in [-0.3, -0.25) is 4.98 Å². The van der Waals surface area contributed by atoms with Crippen molar-refractivity contribution >= 4 is 21.6 Å². The Labute approximate surface area is 113 Å². The second kappa shape index (κ2) is 5.46. The van der Waals surface area contributed by atoms with Crippen LogP contribution in [0.2, 0.25) is 0 Å². The molecule has 3 nitrogen and oxygen atoms in total. The van der Waals surface area contributed by atoms with Gasteiger partial charge in [0.25, 0.3) is 0 Å². The van der Waals surface area contributed by atoms with Crippen LogP contribution in [0.4, 0.5) is 10.1 Å². The van der Waals surface area contributed by atoms with Gasteiger partial charge in [-0.1, -0.05) is 22.0 Å². The third kappa shape index (κ3) is 2.68. The van der Waals surface area contributed by atoms with Gasteiger partial charge < -0.3 is 10.8 Å². The number of nitrogens with zero attached hydrogens (tertiary/aromatic N) is 1. The molecule has 0 fully saturated rings. The summed E-state index contributed by atoms with van der Waals surface area (Å²) in [6.07, 6.45) is 2.41. The second-order valence-corrected chi connectivity index (χ2v) is 4.78. The van der Waals surface area contributed by atoms with Crippen molar-refractivity contribution in [1.82, 2.24) is 4.98 Å². The molecule has 1 atom stereocenters. The topological polar surface area (TPSA) is 59.1 Å². The summed E-state index contributed by atoms with van der Waals surface area (Å²) in [6.45, 7) is 0. The van der Waals surface area contributed by atoms with Crippen molar-refractivity contribution in [2.24, 2.45) is 0 Å². The largest absolute Gasteiger partial charge is 0.398 e. The molecule has 0 amide bonds. The van der Waals surface area contributed by atoms with Crippen molar-refractivity contribution in [3.8, 4) is 0 Å². The molecule has 18 heavy (non-hydrogen) atoms. The fraction of sp³-hybridized carbons (Fsp3) is 0.154. The van der Waals surface area contributed by atoms with Gasteiger partial charge in [-0.05, 0) is 23.8 Å². The lowest BCUT2D eigenvalue weighted by Gasteiger charge is -2.14. The minimum absolute atomic E-state index is 0.221. The number of benzene rings is 1. The summed E-state index contributed by atoms with van der Waals surface area (Å²) in [5.74, 6) is -0.445. The fourth-order valence-electron chi connectivity index (χ4n) is 1.75. The number of aromatic nitrogens is 1. The molecule has 1 aromatic carbocycles. The van der Waals surface area contributed by atoms with Gasteiger partial charge in [-0.2, -0.15) is 0 Å². The van der Waals surface area contributed by atoms with Crippen molar-refractivity contribution < 1.29 is 9.50 Å². The number of aliphatic hydroxyl groups excluding tert-OH is 1. The van der Waals surface area contributed by atoms with E-state index in [-0.39, 0.29) is 12.0 Å². The SMILES string of the molecule is Nc1ccncc1CC(O)c1c(F)cccc1Br. The van der Waals surface area contributed by atoms with E-state index in [1.165, 1.54) is 6.07 Å². The van der Waals surface area contributed by atoms with Crippen LogP contribution in [-0.2, 0) is 6.42 Å². The molecule has 0 spiro atoms. The summed E-state index contributed by atoms with van der Waals surface area (Å²) in [5, 5.41) is 10.1. The highest BCUT2D eigenvalue weighted by Crippen LogP contribution is 2.29. The molecular formula is C13H12BrFN2O. The Hall–Kier alpha value is -1.46. The highest BCUT2D eigenvalue weighted by molar-refractivity contribution is 9.10. The van der Waals surface area contributed by atoms with Crippen molar-refractivity contribution in [3.05, 3.63) is 58.1 Å². The van der Waals surface area contributed by atoms with Crippen molar-refractivity contribution in [3.63, 3.8) is 0 Å². The van der Waals surface area contributed by atoms with Gasteiger partial charge in [0.2, 0.25) is 0 Å². The zero-order chi connectivity index (χ0) is 13.1. The standard InChI is InChI=1S/C13H12BrFN2O/c14-9-2-1-3-10(15)13(9)12(18)6-8-7-17-5-4-11(8)16/h1-5,7,12,18H,6H2,(H2,16,17). The van der Waals surface area contributed by atoms with E-state index < -0.39 is 11.9 Å². The molecule has 0 radical (unpaired) electrons. The Morgan fingerprint density at radius 2 is 2.17 bits per heavy atom. The first-order valence-electron chi connectivity index (χ1n) is 5.40. The number of rotatable bonds is 3. The average molecular weight is 311 g/mol. The smallest absolute Gasteiger partial charge is 0.130 e. The molecule has 0 aliphatic rings. The normalized spacial score (nSPS) is 12.4. The van der Waals surface area contributed by atoms with Crippen LogP contribution in [0.25, 0.3) is 0 Å². The van der Waals surface area contributed by atoms with Crippen molar-refractivity contribution in [1.29, 1.82) is 0 Å². The third-order valence-electron chi connectivity index (χ3n) is 2.69. The molecule has 5 heteroatoms. The van der Waals surface area contributed by atoms with Gasteiger partial charge in [-0.15, -0.1) is 0 Å². The summed E-state index contributed by atoms with van der Waals surface area (Å²) >= 11 is 3.23. The van der Waals surface area contributed by atoms with E-state index in [0.717, 1.165) is 0 Å². The van der Waals surface area contributed by atoms with Crippen molar-refractivity contribution in [2.45, 2.75) is 12.5 Å². The molecule has 0 saturated carbocycles. The number of aliphatic hydroxyl groups is 1. The van der Waals surface area contributed by atoms with Gasteiger partial charge >= 0.3 is 0 Å². The van der Waals surface area contributed by atoms with Crippen LogP contribution in [0.5, 0.6) is 0 Å². The lowest BCUT2D eigenvalue weighted by molar-refractivity contribution is 0.173. The Bertz CT molecular complexity index is 542. The van der Waals surface area contributed by atoms with Crippen LogP contribution in [0.1, 0.15) is 17.2 Å². The Morgan fingerprint density at radius 1 is 1.39 bits per heavy atom. The predicted octanol–water partition coefficient (Wildman–Crippen LogP) is 2.84. The summed E-state index contributed by atoms with van der Waals surface area (Å²) in [4.78, 5) is 3.94. The van der Waals surface area contributed by atoms with Gasteiger partial charge in [0.05, 0.1) is 6.10 Å². The summed E-state index contributed by atoms with van der Waals surface area (Å²) in [6, 6.07) is 6.23. The highest BCUT2D eigenvalue weighted by Gasteiger charge is 2.17. The Balaban J connectivity index is 2.28. The Kier molecular flexibility index (Phi) is 3.93. The maximum atomic E-state index is 13.7. The quantitative estimate of drug-likeness (QED) is 0.916. The zero-order valence-corrected chi connectivity index (χ0v) is 11.1. The van der Waals surface area contributed by atoms with Crippen molar-refractivity contribution in [2.75, 3.05) is 5.73 Å². The maximum Gasteiger partial charge on any atom is 0.130 e. The van der Waals surface area contributed by atoms with Crippen LogP contribution in [-0.4, -0.2) is 10.1 Å². The number of hydrogen-bond acceptors (Lipinski definition) is 3. The zero-order valence-electron chi connectivity index (χ0n) is 9.48. The molecule has 3 N–H and O–H groups in total. The van der Waals surface area contributed by atoms with E-state index in [4.69, 9.17) is 5.73 Å². The number of anilines is 1. The van der Waals surface area contributed by atoms with Crippen LogP contribution >= 0.6 is 15.9 Å². The van der Waals surface area contributed by atoms with E-state index in [1.807, 2.05) is 0 Å². The fourth-order valence-corrected chi connectivity index (χ4v) is 2.35. The first kappa shape index (κ1) is 13.0. The van der Waals surface area contributed by atoms with Crippen LogP contribution in [0.3, 0.4) is 0 Å². The van der Waals surface area contributed by atoms with E-state index >= 15 is 0 Å². The Morgan fingerprint density at radius 3 is 2.83 bits per heavy atom. The first-order chi connectivity index (χ1) is 8.59. The van der Waals surface area contributed by atoms with E-state index in [1.54, 1.807) is 30.6 Å². The molecule has 1 unspecified atom stereocenters. The minimum atomic E-state index is -0.966. The highest BCUT2D eigenvalue weighted by atomic mass is 79.9. The molecule has 1 aromatic heterocycles. The lowest BCUT2D eigenvalue weighted by atomic mass is 10.0. The molecule has 1 heterocycles. The molecule has 0 aliphatic carbocycles. The molecule has 94 valence electrons. The van der Waals surface area contributed by atoms with Crippen LogP contribution < -0.4 is 5.73 Å². The molecular weight excluding hydrogens is 299 g/mol. The number of pyridine rings is 1. The van der Waals surface area contributed by atoms with Crippen LogP contribution in [0.15, 0.2) is 41.1 Å². The second-order valence-electron chi connectivity index (χ2n) is 3.93. The number of nitrogen functional groups attached to an aromatic ring is 1. The molecule has 2 aromatic rings. The number of halogens is 2. The van der Waals surface area contributed by atoms with Gasteiger partial charge in [0, 0.05) is 34.5 Å². The van der Waals surface area contributed by atoms with Gasteiger partial charge in [-0.25, -0.2) is 4.39 Å². The minimum Gasteiger partial charge on any atom is -0.398 e. The summed E-state index contributed by atoms with van der Waals surface area (Å²) in [7, 11) is 0. The molecule has 0 aliphatic heterocycles. The third-order valence-corrected chi connectivity index (χ3v) is 3.38. The summed E-state index contributed by atoms with van der Waals surface area (Å²) < 4.78 is 14.2. The van der Waals surface area contributed by atoms with E-state index in [0.29, 0.717) is 15.7 Å². The molecule has 0 bridgehead atoms. The van der Waals surface area contributed by atoms with Gasteiger partial charge in [0.15, 0.2) is 0 Å². The summed E-state index contributed by atoms with van der Waals surface area (Å²) in [5.41, 5.74) is 7.24. The monoisotopic (exact) mass is 310 g/mol. The average Bonchev–Trinajstić information content (AvgIpc) is 2.32. The molecule has 2 rings (SSSR count). The maximum absolute atomic E-state index is 13.7. The van der Waals surface area contributed by atoms with E-state index in [2.05, 4.69) is 20.9 Å². The molecule has 0 saturated heterocycles. The number of hydrogen-bond donors (Lipinski definition) is 2. The van der Waals surface area contributed by atoms with E-state index in [9.17, 15) is 9.50 Å². The lowest BCUT2D eigenvalue weighted by Crippen LogP contribution is -2.07. The number of nitrogens with two attached hydrogens (primary N) is 1. The predicted molar refractivity (Wildman–Crippen MR) is 71.4 cm³/mol. The van der Waals surface area contributed by atoms with Gasteiger partial charge in [0.1, 0.15) is 5.82 Å².